The normalized spacial score (nSPS) is 17.1. The van der Waals surface area contributed by atoms with Crippen molar-refractivity contribution in [2.45, 2.75) is 32.2 Å². The molecule has 0 fully saturated rings. The fourth-order valence-electron chi connectivity index (χ4n) is 1.11. The van der Waals surface area contributed by atoms with E-state index >= 15 is 0 Å². The molecule has 0 aromatic carbocycles. The Labute approximate surface area is 72.6 Å². The highest BCUT2D eigenvalue weighted by molar-refractivity contribution is 5.94. The molecule has 0 aliphatic carbocycles. The van der Waals surface area contributed by atoms with E-state index in [9.17, 15) is 4.79 Å². The summed E-state index contributed by atoms with van der Waals surface area (Å²) in [6, 6.07) is 0. The highest BCUT2D eigenvalue weighted by atomic mass is 16.5. The van der Waals surface area contributed by atoms with Crippen molar-refractivity contribution in [3.05, 3.63) is 11.8 Å². The maximum atomic E-state index is 11.4. The van der Waals surface area contributed by atoms with Gasteiger partial charge in [0.15, 0.2) is 11.5 Å². The number of allylic oxidation sites excluding steroid dienone is 1. The van der Waals surface area contributed by atoms with Crippen LogP contribution in [0.3, 0.4) is 0 Å². The van der Waals surface area contributed by atoms with Crippen LogP contribution in [0.4, 0.5) is 0 Å². The standard InChI is InChI=1S/C9H15NO2/c1-9(2,10)6-7(11)8-4-3-5-12-8/h4H,3,5-6,10H2,1-2H3. The number of carbonyl (C=O) groups is 1. The Bertz CT molecular complexity index is 213. The number of hydrogen-bond acceptors (Lipinski definition) is 3. The second kappa shape index (κ2) is 3.27. The summed E-state index contributed by atoms with van der Waals surface area (Å²) in [6.45, 7) is 4.30. The van der Waals surface area contributed by atoms with Crippen LogP contribution in [-0.4, -0.2) is 17.9 Å². The maximum absolute atomic E-state index is 11.4. The van der Waals surface area contributed by atoms with E-state index in [1.807, 2.05) is 19.9 Å². The molecule has 1 heterocycles. The summed E-state index contributed by atoms with van der Waals surface area (Å²) in [4.78, 5) is 11.4. The lowest BCUT2D eigenvalue weighted by molar-refractivity contribution is -0.119. The van der Waals surface area contributed by atoms with Crippen LogP contribution in [0.15, 0.2) is 11.8 Å². The quantitative estimate of drug-likeness (QED) is 0.685. The number of Topliss-reactive ketones (excluding diaryl/α,β-unsaturated/α-hetero) is 1. The van der Waals surface area contributed by atoms with Gasteiger partial charge >= 0.3 is 0 Å². The largest absolute Gasteiger partial charge is 0.490 e. The van der Waals surface area contributed by atoms with Crippen LogP contribution in [0.1, 0.15) is 26.7 Å². The monoisotopic (exact) mass is 169 g/mol. The van der Waals surface area contributed by atoms with Crippen LogP contribution in [0, 0.1) is 0 Å². The maximum Gasteiger partial charge on any atom is 0.198 e. The van der Waals surface area contributed by atoms with E-state index in [-0.39, 0.29) is 5.78 Å². The number of hydrogen-bond donors (Lipinski definition) is 1. The Morgan fingerprint density at radius 3 is 2.83 bits per heavy atom. The van der Waals surface area contributed by atoms with Crippen molar-refractivity contribution < 1.29 is 9.53 Å². The summed E-state index contributed by atoms with van der Waals surface area (Å²) in [7, 11) is 0. The molecule has 68 valence electrons. The Morgan fingerprint density at radius 2 is 2.42 bits per heavy atom. The van der Waals surface area contributed by atoms with E-state index in [1.54, 1.807) is 0 Å². The molecule has 0 aromatic rings. The minimum atomic E-state index is -0.441. The van der Waals surface area contributed by atoms with Crippen molar-refractivity contribution in [2.24, 2.45) is 5.73 Å². The molecule has 1 aliphatic heterocycles. The summed E-state index contributed by atoms with van der Waals surface area (Å²) in [5.74, 6) is 0.508. The van der Waals surface area contributed by atoms with Crippen LogP contribution in [0.5, 0.6) is 0 Å². The average molecular weight is 169 g/mol. The molecule has 0 spiro atoms. The molecular formula is C9H15NO2. The Balaban J connectivity index is 2.49. The van der Waals surface area contributed by atoms with Crippen molar-refractivity contribution >= 4 is 5.78 Å². The molecule has 0 amide bonds. The number of ketones is 1. The molecule has 1 aliphatic rings. The van der Waals surface area contributed by atoms with Gasteiger partial charge in [-0.05, 0) is 19.9 Å². The van der Waals surface area contributed by atoms with E-state index in [2.05, 4.69) is 0 Å². The SMILES string of the molecule is CC(C)(N)CC(=O)C1=CCCO1. The number of rotatable bonds is 3. The van der Waals surface area contributed by atoms with Gasteiger partial charge < -0.3 is 10.5 Å². The smallest absolute Gasteiger partial charge is 0.198 e. The summed E-state index contributed by atoms with van der Waals surface area (Å²) in [5, 5.41) is 0. The van der Waals surface area contributed by atoms with Gasteiger partial charge in [0.05, 0.1) is 6.61 Å². The molecule has 0 aromatic heterocycles. The van der Waals surface area contributed by atoms with Gasteiger partial charge in [-0.25, -0.2) is 0 Å². The van der Waals surface area contributed by atoms with Gasteiger partial charge in [0, 0.05) is 18.4 Å². The minimum absolute atomic E-state index is 0.0139. The summed E-state index contributed by atoms with van der Waals surface area (Å²) in [5.41, 5.74) is 5.26. The average Bonchev–Trinajstić information content (AvgIpc) is 2.32. The predicted octanol–water partition coefficient (Wildman–Crippen LogP) is 0.987. The molecule has 0 saturated carbocycles. The molecule has 0 unspecified atom stereocenters. The first-order chi connectivity index (χ1) is 5.49. The van der Waals surface area contributed by atoms with Crippen molar-refractivity contribution in [3.63, 3.8) is 0 Å². The van der Waals surface area contributed by atoms with E-state index in [4.69, 9.17) is 10.5 Å². The molecule has 3 heteroatoms. The lowest BCUT2D eigenvalue weighted by atomic mass is 9.98. The van der Waals surface area contributed by atoms with Crippen LogP contribution in [0.2, 0.25) is 0 Å². The van der Waals surface area contributed by atoms with Crippen LogP contribution in [-0.2, 0) is 9.53 Å². The molecule has 12 heavy (non-hydrogen) atoms. The van der Waals surface area contributed by atoms with Gasteiger partial charge in [-0.15, -0.1) is 0 Å². The molecule has 0 saturated heterocycles. The molecular weight excluding hydrogens is 154 g/mol. The third-order valence-corrected chi connectivity index (χ3v) is 1.60. The van der Waals surface area contributed by atoms with Gasteiger partial charge in [-0.3, -0.25) is 4.79 Å². The van der Waals surface area contributed by atoms with Crippen molar-refractivity contribution in [2.75, 3.05) is 6.61 Å². The van der Waals surface area contributed by atoms with Gasteiger partial charge in [-0.2, -0.15) is 0 Å². The first-order valence-electron chi connectivity index (χ1n) is 4.14. The second-order valence-electron chi connectivity index (χ2n) is 3.79. The van der Waals surface area contributed by atoms with Crippen molar-refractivity contribution in [1.82, 2.24) is 0 Å². The number of carbonyl (C=O) groups excluding carboxylic acids is 1. The van der Waals surface area contributed by atoms with Crippen LogP contribution in [0.25, 0.3) is 0 Å². The topological polar surface area (TPSA) is 52.3 Å². The lowest BCUT2D eigenvalue weighted by Gasteiger charge is -2.16. The Morgan fingerprint density at radius 1 is 1.75 bits per heavy atom. The molecule has 0 atom stereocenters. The molecule has 2 N–H and O–H groups in total. The zero-order valence-corrected chi connectivity index (χ0v) is 7.59. The van der Waals surface area contributed by atoms with E-state index < -0.39 is 5.54 Å². The number of ether oxygens (including phenoxy) is 1. The third-order valence-electron chi connectivity index (χ3n) is 1.60. The van der Waals surface area contributed by atoms with Crippen LogP contribution < -0.4 is 5.73 Å². The number of nitrogens with two attached hydrogens (primary N) is 1. The van der Waals surface area contributed by atoms with Gasteiger partial charge in [0.2, 0.25) is 0 Å². The van der Waals surface area contributed by atoms with E-state index in [1.165, 1.54) is 0 Å². The molecule has 1 rings (SSSR count). The van der Waals surface area contributed by atoms with Gasteiger partial charge in [0.25, 0.3) is 0 Å². The van der Waals surface area contributed by atoms with Crippen molar-refractivity contribution in [3.8, 4) is 0 Å². The second-order valence-corrected chi connectivity index (χ2v) is 3.79. The first-order valence-corrected chi connectivity index (χ1v) is 4.14. The van der Waals surface area contributed by atoms with Gasteiger partial charge in [-0.1, -0.05) is 0 Å². The fraction of sp³-hybridized carbons (Fsp3) is 0.667. The predicted molar refractivity (Wildman–Crippen MR) is 46.5 cm³/mol. The molecule has 0 radical (unpaired) electrons. The lowest BCUT2D eigenvalue weighted by Crippen LogP contribution is -2.35. The minimum Gasteiger partial charge on any atom is -0.490 e. The molecule has 0 bridgehead atoms. The summed E-state index contributed by atoms with van der Waals surface area (Å²) >= 11 is 0. The van der Waals surface area contributed by atoms with Crippen LogP contribution >= 0.6 is 0 Å². The van der Waals surface area contributed by atoms with Gasteiger partial charge in [0.1, 0.15) is 0 Å². The summed E-state index contributed by atoms with van der Waals surface area (Å²) < 4.78 is 5.12. The Hall–Kier alpha value is -0.830. The Kier molecular flexibility index (Phi) is 2.52. The zero-order valence-electron chi connectivity index (χ0n) is 7.59. The highest BCUT2D eigenvalue weighted by Crippen LogP contribution is 2.15. The van der Waals surface area contributed by atoms with E-state index in [0.29, 0.717) is 18.8 Å². The summed E-state index contributed by atoms with van der Waals surface area (Å²) in [6.07, 6.45) is 3.01. The third kappa shape index (κ3) is 2.66. The first kappa shape index (κ1) is 9.26. The van der Waals surface area contributed by atoms with E-state index in [0.717, 1.165) is 6.42 Å². The fourth-order valence-corrected chi connectivity index (χ4v) is 1.11. The highest BCUT2D eigenvalue weighted by Gasteiger charge is 2.21. The zero-order chi connectivity index (χ0) is 9.19. The molecule has 3 nitrogen and oxygen atoms in total. The van der Waals surface area contributed by atoms with Crippen molar-refractivity contribution in [1.29, 1.82) is 0 Å².